The highest BCUT2D eigenvalue weighted by atomic mass is 19.1. The first-order valence-electron chi connectivity index (χ1n) is 8.51. The van der Waals surface area contributed by atoms with Crippen LogP contribution in [0.5, 0.6) is 0 Å². The zero-order valence-electron chi connectivity index (χ0n) is 13.2. The Morgan fingerprint density at radius 1 is 1.17 bits per heavy atom. The van der Waals surface area contributed by atoms with Gasteiger partial charge in [0.1, 0.15) is 5.82 Å². The van der Waals surface area contributed by atoms with E-state index in [-0.39, 0.29) is 17.6 Å². The van der Waals surface area contributed by atoms with Gasteiger partial charge in [0.15, 0.2) is 5.79 Å². The van der Waals surface area contributed by atoms with Crippen LogP contribution in [-0.4, -0.2) is 35.8 Å². The topological polar surface area (TPSA) is 38.8 Å². The fraction of sp³-hybridized carbons (Fsp3) is 0.611. The van der Waals surface area contributed by atoms with Gasteiger partial charge in [0.2, 0.25) is 5.91 Å². The van der Waals surface area contributed by atoms with Crippen molar-refractivity contribution in [1.82, 2.24) is 4.90 Å². The lowest BCUT2D eigenvalue weighted by Crippen LogP contribution is -2.46. The predicted octanol–water partition coefficient (Wildman–Crippen LogP) is 2.86. The lowest BCUT2D eigenvalue weighted by molar-refractivity contribution is -0.192. The third-order valence-electron chi connectivity index (χ3n) is 5.16. The maximum Gasteiger partial charge on any atom is 0.231 e. The smallest absolute Gasteiger partial charge is 0.231 e. The van der Waals surface area contributed by atoms with E-state index in [1.807, 2.05) is 4.90 Å². The van der Waals surface area contributed by atoms with Gasteiger partial charge in [-0.05, 0) is 43.4 Å². The largest absolute Gasteiger partial charge is 0.347 e. The summed E-state index contributed by atoms with van der Waals surface area (Å²) >= 11 is 0. The Kier molecular flexibility index (Phi) is 3.85. The van der Waals surface area contributed by atoms with Gasteiger partial charge in [-0.25, -0.2) is 4.39 Å². The standard InChI is InChI=1S/C18H22FNO3/c19-14-5-3-13(4-6-14)12-20(15-7-8-15)17(21)16-2-1-9-18(16)22-10-11-23-18/h3-6,15-16H,1-2,7-12H2. The molecule has 0 bridgehead atoms. The summed E-state index contributed by atoms with van der Waals surface area (Å²) in [4.78, 5) is 15.1. The zero-order chi connectivity index (χ0) is 15.9. The average molecular weight is 319 g/mol. The molecule has 1 unspecified atom stereocenters. The molecule has 0 radical (unpaired) electrons. The third kappa shape index (κ3) is 2.88. The van der Waals surface area contributed by atoms with Crippen LogP contribution in [0, 0.1) is 11.7 Å². The lowest BCUT2D eigenvalue weighted by Gasteiger charge is -2.33. The van der Waals surface area contributed by atoms with E-state index in [2.05, 4.69) is 0 Å². The Morgan fingerprint density at radius 3 is 2.52 bits per heavy atom. The van der Waals surface area contributed by atoms with E-state index >= 15 is 0 Å². The number of halogens is 1. The number of rotatable bonds is 4. The molecule has 1 spiro atoms. The fourth-order valence-corrected chi connectivity index (χ4v) is 3.83. The molecule has 1 heterocycles. The molecule has 4 nitrogen and oxygen atoms in total. The van der Waals surface area contributed by atoms with Crippen LogP contribution in [0.3, 0.4) is 0 Å². The number of ether oxygens (including phenoxy) is 2. The van der Waals surface area contributed by atoms with Crippen LogP contribution < -0.4 is 0 Å². The molecule has 2 aliphatic carbocycles. The van der Waals surface area contributed by atoms with Crippen molar-refractivity contribution >= 4 is 5.91 Å². The van der Waals surface area contributed by atoms with E-state index in [1.54, 1.807) is 12.1 Å². The highest BCUT2D eigenvalue weighted by Crippen LogP contribution is 2.44. The van der Waals surface area contributed by atoms with E-state index in [9.17, 15) is 9.18 Å². The number of nitrogens with zero attached hydrogens (tertiary/aromatic N) is 1. The summed E-state index contributed by atoms with van der Waals surface area (Å²) in [6, 6.07) is 6.72. The van der Waals surface area contributed by atoms with Gasteiger partial charge in [-0.1, -0.05) is 12.1 Å². The summed E-state index contributed by atoms with van der Waals surface area (Å²) in [5.74, 6) is -1.00. The van der Waals surface area contributed by atoms with E-state index in [0.29, 0.717) is 25.8 Å². The van der Waals surface area contributed by atoms with Crippen molar-refractivity contribution in [3.63, 3.8) is 0 Å². The number of hydrogen-bond donors (Lipinski definition) is 0. The first kappa shape index (κ1) is 15.1. The molecule has 1 aromatic rings. The summed E-state index contributed by atoms with van der Waals surface area (Å²) in [6.07, 6.45) is 4.69. The van der Waals surface area contributed by atoms with E-state index in [4.69, 9.17) is 9.47 Å². The fourth-order valence-electron chi connectivity index (χ4n) is 3.83. The SMILES string of the molecule is O=C(C1CCCC12OCCO2)N(Cc1ccc(F)cc1)C1CC1. The lowest BCUT2D eigenvalue weighted by atomic mass is 10.00. The van der Waals surface area contributed by atoms with Gasteiger partial charge in [0.05, 0.1) is 19.1 Å². The number of amides is 1. The van der Waals surface area contributed by atoms with E-state index in [1.165, 1.54) is 12.1 Å². The minimum atomic E-state index is -0.687. The monoisotopic (exact) mass is 319 g/mol. The molecule has 0 N–H and O–H groups in total. The zero-order valence-corrected chi connectivity index (χ0v) is 13.2. The second-order valence-electron chi connectivity index (χ2n) is 6.78. The number of hydrogen-bond acceptors (Lipinski definition) is 3. The van der Waals surface area contributed by atoms with Gasteiger partial charge in [-0.15, -0.1) is 0 Å². The van der Waals surface area contributed by atoms with E-state index < -0.39 is 5.79 Å². The summed E-state index contributed by atoms with van der Waals surface area (Å²) in [5, 5.41) is 0. The summed E-state index contributed by atoms with van der Waals surface area (Å²) < 4.78 is 24.8. The molecule has 1 saturated heterocycles. The number of carbonyl (C=O) groups excluding carboxylic acids is 1. The van der Waals surface area contributed by atoms with Crippen LogP contribution in [0.25, 0.3) is 0 Å². The molecule has 1 amide bonds. The van der Waals surface area contributed by atoms with Crippen molar-refractivity contribution in [2.75, 3.05) is 13.2 Å². The van der Waals surface area contributed by atoms with Crippen molar-refractivity contribution < 1.29 is 18.7 Å². The Bertz CT molecular complexity index is 573. The van der Waals surface area contributed by atoms with Crippen LogP contribution in [0.2, 0.25) is 0 Å². The maximum atomic E-state index is 13.2. The predicted molar refractivity (Wildman–Crippen MR) is 81.9 cm³/mol. The Labute approximate surface area is 135 Å². The molecule has 5 heteroatoms. The van der Waals surface area contributed by atoms with Crippen LogP contribution in [0.4, 0.5) is 4.39 Å². The summed E-state index contributed by atoms with van der Waals surface area (Å²) in [6.45, 7) is 1.69. The highest BCUT2D eigenvalue weighted by Gasteiger charge is 2.53. The second kappa shape index (κ2) is 5.87. The maximum absolute atomic E-state index is 13.2. The first-order valence-corrected chi connectivity index (χ1v) is 8.51. The Morgan fingerprint density at radius 2 is 1.87 bits per heavy atom. The minimum Gasteiger partial charge on any atom is -0.347 e. The third-order valence-corrected chi connectivity index (χ3v) is 5.16. The number of benzene rings is 1. The van der Waals surface area contributed by atoms with Crippen molar-refractivity contribution in [1.29, 1.82) is 0 Å². The van der Waals surface area contributed by atoms with Crippen LogP contribution in [0.15, 0.2) is 24.3 Å². The normalized spacial score (nSPS) is 25.9. The molecule has 23 heavy (non-hydrogen) atoms. The van der Waals surface area contributed by atoms with E-state index in [0.717, 1.165) is 37.7 Å². The molecule has 1 atom stereocenters. The van der Waals surface area contributed by atoms with Crippen molar-refractivity contribution in [3.8, 4) is 0 Å². The molecule has 1 aliphatic heterocycles. The molecule has 3 aliphatic rings. The van der Waals surface area contributed by atoms with Crippen LogP contribution in [-0.2, 0) is 20.8 Å². The van der Waals surface area contributed by atoms with Gasteiger partial charge in [-0.2, -0.15) is 0 Å². The quantitative estimate of drug-likeness (QED) is 0.856. The minimum absolute atomic E-state index is 0.135. The van der Waals surface area contributed by atoms with Gasteiger partial charge in [0, 0.05) is 19.0 Å². The van der Waals surface area contributed by atoms with Gasteiger partial charge in [-0.3, -0.25) is 4.79 Å². The van der Waals surface area contributed by atoms with Crippen molar-refractivity contribution in [2.45, 2.75) is 50.5 Å². The second-order valence-corrected chi connectivity index (χ2v) is 6.78. The summed E-state index contributed by atoms with van der Waals surface area (Å²) in [5.41, 5.74) is 0.965. The van der Waals surface area contributed by atoms with Crippen LogP contribution in [0.1, 0.15) is 37.7 Å². The molecular formula is C18H22FNO3. The van der Waals surface area contributed by atoms with Crippen molar-refractivity contribution in [2.24, 2.45) is 5.92 Å². The molecule has 124 valence electrons. The summed E-state index contributed by atoms with van der Waals surface area (Å²) in [7, 11) is 0. The molecule has 1 aromatic carbocycles. The Balaban J connectivity index is 1.53. The highest BCUT2D eigenvalue weighted by molar-refractivity contribution is 5.81. The average Bonchev–Trinajstić information content (AvgIpc) is 3.15. The first-order chi connectivity index (χ1) is 11.2. The number of carbonyl (C=O) groups is 1. The van der Waals surface area contributed by atoms with Gasteiger partial charge in [0.25, 0.3) is 0 Å². The molecule has 0 aromatic heterocycles. The molecule has 4 rings (SSSR count). The molecule has 3 fully saturated rings. The van der Waals surface area contributed by atoms with Crippen LogP contribution >= 0.6 is 0 Å². The van der Waals surface area contributed by atoms with Gasteiger partial charge < -0.3 is 14.4 Å². The molecule has 2 saturated carbocycles. The van der Waals surface area contributed by atoms with Gasteiger partial charge >= 0.3 is 0 Å². The Hall–Kier alpha value is -1.46. The van der Waals surface area contributed by atoms with Crippen molar-refractivity contribution in [3.05, 3.63) is 35.6 Å². The molecular weight excluding hydrogens is 297 g/mol.